The molecule has 3 nitrogen and oxygen atoms in total. The molecular formula is C15H12F3NO2. The van der Waals surface area contributed by atoms with Gasteiger partial charge < -0.3 is 10.4 Å². The van der Waals surface area contributed by atoms with Crippen molar-refractivity contribution in [1.82, 2.24) is 0 Å². The summed E-state index contributed by atoms with van der Waals surface area (Å²) in [5, 5.41) is 11.8. The standard InChI is InChI=1S/C15H12F3NO2/c1-9-5-6-10(14(20)21)7-13(9)19-12-4-2-3-11(8-12)15(16,17)18/h2-8,19H,1H3,(H,20,21). The van der Waals surface area contributed by atoms with E-state index in [0.717, 1.165) is 17.7 Å². The first-order chi connectivity index (χ1) is 9.77. The van der Waals surface area contributed by atoms with Gasteiger partial charge in [-0.2, -0.15) is 13.2 Å². The van der Waals surface area contributed by atoms with E-state index in [-0.39, 0.29) is 11.3 Å². The molecule has 2 aromatic carbocycles. The fourth-order valence-electron chi connectivity index (χ4n) is 1.82. The monoisotopic (exact) mass is 295 g/mol. The Hall–Kier alpha value is -2.50. The Bertz CT molecular complexity index is 681. The summed E-state index contributed by atoms with van der Waals surface area (Å²) >= 11 is 0. The van der Waals surface area contributed by atoms with Gasteiger partial charge in [-0.15, -0.1) is 0 Å². The van der Waals surface area contributed by atoms with Crippen molar-refractivity contribution < 1.29 is 23.1 Å². The summed E-state index contributed by atoms with van der Waals surface area (Å²) in [6.45, 7) is 1.74. The number of aryl methyl sites for hydroxylation is 1. The third kappa shape index (κ3) is 3.53. The lowest BCUT2D eigenvalue weighted by Crippen LogP contribution is -2.05. The molecule has 0 aliphatic carbocycles. The second-order valence-electron chi connectivity index (χ2n) is 4.54. The van der Waals surface area contributed by atoms with E-state index in [4.69, 9.17) is 5.11 Å². The average molecular weight is 295 g/mol. The van der Waals surface area contributed by atoms with Crippen molar-refractivity contribution in [3.05, 3.63) is 59.2 Å². The summed E-state index contributed by atoms with van der Waals surface area (Å²) in [7, 11) is 0. The molecule has 6 heteroatoms. The molecule has 2 aromatic rings. The van der Waals surface area contributed by atoms with Crippen LogP contribution in [0.15, 0.2) is 42.5 Å². The Morgan fingerprint density at radius 2 is 1.86 bits per heavy atom. The number of alkyl halides is 3. The highest BCUT2D eigenvalue weighted by Crippen LogP contribution is 2.31. The first kappa shape index (κ1) is 14.9. The molecule has 0 unspecified atom stereocenters. The van der Waals surface area contributed by atoms with E-state index < -0.39 is 17.7 Å². The van der Waals surface area contributed by atoms with E-state index in [1.165, 1.54) is 24.3 Å². The van der Waals surface area contributed by atoms with Gasteiger partial charge in [-0.3, -0.25) is 0 Å². The topological polar surface area (TPSA) is 49.3 Å². The number of carboxylic acid groups (broad SMARTS) is 1. The lowest BCUT2D eigenvalue weighted by atomic mass is 10.1. The normalized spacial score (nSPS) is 11.2. The highest BCUT2D eigenvalue weighted by atomic mass is 19.4. The number of rotatable bonds is 3. The van der Waals surface area contributed by atoms with Crippen LogP contribution >= 0.6 is 0 Å². The van der Waals surface area contributed by atoms with Crippen molar-refractivity contribution in [3.8, 4) is 0 Å². The maximum atomic E-state index is 12.7. The summed E-state index contributed by atoms with van der Waals surface area (Å²) in [4.78, 5) is 10.9. The summed E-state index contributed by atoms with van der Waals surface area (Å²) in [5.74, 6) is -1.10. The van der Waals surface area contributed by atoms with Crippen LogP contribution in [0.2, 0.25) is 0 Å². The zero-order valence-electron chi connectivity index (χ0n) is 11.0. The number of hydrogen-bond acceptors (Lipinski definition) is 2. The van der Waals surface area contributed by atoms with Gasteiger partial charge in [0.15, 0.2) is 0 Å². The second-order valence-corrected chi connectivity index (χ2v) is 4.54. The molecule has 0 radical (unpaired) electrons. The van der Waals surface area contributed by atoms with Crippen LogP contribution in [0.5, 0.6) is 0 Å². The van der Waals surface area contributed by atoms with Crippen LogP contribution in [0.3, 0.4) is 0 Å². The molecule has 2 N–H and O–H groups in total. The molecule has 0 aliphatic rings. The van der Waals surface area contributed by atoms with Gasteiger partial charge in [-0.1, -0.05) is 12.1 Å². The van der Waals surface area contributed by atoms with E-state index in [0.29, 0.717) is 5.69 Å². The van der Waals surface area contributed by atoms with Crippen molar-refractivity contribution >= 4 is 17.3 Å². The summed E-state index contributed by atoms with van der Waals surface area (Å²) in [5.41, 5.74) is 0.733. The van der Waals surface area contributed by atoms with Gasteiger partial charge >= 0.3 is 12.1 Å². The lowest BCUT2D eigenvalue weighted by Gasteiger charge is -2.13. The van der Waals surface area contributed by atoms with Crippen LogP contribution in [0.1, 0.15) is 21.5 Å². The molecule has 0 bridgehead atoms. The van der Waals surface area contributed by atoms with E-state index in [1.807, 2.05) is 0 Å². The minimum absolute atomic E-state index is 0.0649. The van der Waals surface area contributed by atoms with Gasteiger partial charge in [0.2, 0.25) is 0 Å². The van der Waals surface area contributed by atoms with Crippen LogP contribution in [-0.2, 0) is 6.18 Å². The number of hydrogen-bond donors (Lipinski definition) is 2. The predicted molar refractivity (Wildman–Crippen MR) is 72.9 cm³/mol. The zero-order valence-corrected chi connectivity index (χ0v) is 11.0. The van der Waals surface area contributed by atoms with Crippen molar-refractivity contribution in [2.24, 2.45) is 0 Å². The van der Waals surface area contributed by atoms with Crippen LogP contribution in [0.4, 0.5) is 24.5 Å². The van der Waals surface area contributed by atoms with Crippen molar-refractivity contribution in [2.45, 2.75) is 13.1 Å². The predicted octanol–water partition coefficient (Wildman–Crippen LogP) is 4.46. The zero-order chi connectivity index (χ0) is 15.6. The van der Waals surface area contributed by atoms with Crippen LogP contribution < -0.4 is 5.32 Å². The van der Waals surface area contributed by atoms with Crippen molar-refractivity contribution in [1.29, 1.82) is 0 Å². The number of anilines is 2. The maximum Gasteiger partial charge on any atom is 0.416 e. The van der Waals surface area contributed by atoms with Crippen LogP contribution in [0.25, 0.3) is 0 Å². The van der Waals surface area contributed by atoms with Gasteiger partial charge in [0, 0.05) is 11.4 Å². The quantitative estimate of drug-likeness (QED) is 0.879. The lowest BCUT2D eigenvalue weighted by molar-refractivity contribution is -0.137. The number of nitrogens with one attached hydrogen (secondary N) is 1. The SMILES string of the molecule is Cc1ccc(C(=O)O)cc1Nc1cccc(C(F)(F)F)c1. The van der Waals surface area contributed by atoms with Gasteiger partial charge in [0.1, 0.15) is 0 Å². The maximum absolute atomic E-state index is 12.7. The van der Waals surface area contributed by atoms with Crippen molar-refractivity contribution in [3.63, 3.8) is 0 Å². The number of benzene rings is 2. The third-order valence-corrected chi connectivity index (χ3v) is 2.95. The van der Waals surface area contributed by atoms with Gasteiger partial charge in [0.05, 0.1) is 11.1 Å². The van der Waals surface area contributed by atoms with E-state index >= 15 is 0 Å². The van der Waals surface area contributed by atoms with Gasteiger partial charge in [-0.05, 0) is 42.8 Å². The molecule has 0 fully saturated rings. The molecule has 0 spiro atoms. The molecule has 0 amide bonds. The molecule has 0 saturated carbocycles. The Morgan fingerprint density at radius 3 is 2.48 bits per heavy atom. The van der Waals surface area contributed by atoms with Crippen molar-refractivity contribution in [2.75, 3.05) is 5.32 Å². The fourth-order valence-corrected chi connectivity index (χ4v) is 1.82. The molecule has 2 rings (SSSR count). The average Bonchev–Trinajstić information content (AvgIpc) is 2.40. The summed E-state index contributed by atoms with van der Waals surface area (Å²) in [6.07, 6.45) is -4.42. The Kier molecular flexibility index (Phi) is 3.88. The number of carbonyl (C=O) groups is 1. The highest BCUT2D eigenvalue weighted by Gasteiger charge is 2.30. The number of carboxylic acids is 1. The molecule has 0 saturated heterocycles. The third-order valence-electron chi connectivity index (χ3n) is 2.95. The molecule has 0 aliphatic heterocycles. The van der Waals surface area contributed by atoms with E-state index in [9.17, 15) is 18.0 Å². The minimum atomic E-state index is -4.42. The van der Waals surface area contributed by atoms with E-state index in [2.05, 4.69) is 5.32 Å². The summed E-state index contributed by atoms with van der Waals surface area (Å²) in [6, 6.07) is 9.16. The molecule has 110 valence electrons. The Balaban J connectivity index is 2.34. The largest absolute Gasteiger partial charge is 0.478 e. The molecular weight excluding hydrogens is 283 g/mol. The van der Waals surface area contributed by atoms with Crippen LogP contribution in [-0.4, -0.2) is 11.1 Å². The number of aromatic carboxylic acids is 1. The number of halogens is 3. The first-order valence-electron chi connectivity index (χ1n) is 6.05. The van der Waals surface area contributed by atoms with Gasteiger partial charge in [-0.25, -0.2) is 4.79 Å². The molecule has 21 heavy (non-hydrogen) atoms. The van der Waals surface area contributed by atoms with E-state index in [1.54, 1.807) is 13.0 Å². The van der Waals surface area contributed by atoms with Crippen LogP contribution in [0, 0.1) is 6.92 Å². The smallest absolute Gasteiger partial charge is 0.416 e. The molecule has 0 aromatic heterocycles. The second kappa shape index (κ2) is 5.47. The minimum Gasteiger partial charge on any atom is -0.478 e. The fraction of sp³-hybridized carbons (Fsp3) is 0.133. The van der Waals surface area contributed by atoms with Gasteiger partial charge in [0.25, 0.3) is 0 Å². The highest BCUT2D eigenvalue weighted by molar-refractivity contribution is 5.89. The molecule has 0 atom stereocenters. The Morgan fingerprint density at radius 1 is 1.14 bits per heavy atom. The first-order valence-corrected chi connectivity index (χ1v) is 6.05. The Labute approximate surface area is 119 Å². The molecule has 0 heterocycles. The summed E-state index contributed by atoms with van der Waals surface area (Å²) < 4.78 is 38.0.